The Morgan fingerprint density at radius 3 is 2.37 bits per heavy atom. The normalized spacial score (nSPS) is 19.4. The summed E-state index contributed by atoms with van der Waals surface area (Å²) < 4.78 is 6.84. The van der Waals surface area contributed by atoms with Crippen molar-refractivity contribution in [2.24, 2.45) is 7.05 Å². The number of imide groups is 1. The maximum Gasteiger partial charge on any atom is 0.327 e. The van der Waals surface area contributed by atoms with Crippen molar-refractivity contribution >= 4 is 29.5 Å². The molecule has 2 aliphatic rings. The van der Waals surface area contributed by atoms with Crippen LogP contribution in [-0.2, 0) is 26.2 Å². The van der Waals surface area contributed by atoms with Crippen molar-refractivity contribution in [3.8, 4) is 0 Å². The minimum Gasteiger partial charge on any atom is -0.451 e. The first-order chi connectivity index (χ1) is 14.1. The molecule has 1 saturated heterocycles. The number of amides is 4. The van der Waals surface area contributed by atoms with Crippen LogP contribution in [0, 0.1) is 13.8 Å². The zero-order valence-electron chi connectivity index (χ0n) is 18.2. The summed E-state index contributed by atoms with van der Waals surface area (Å²) in [5.41, 5.74) is 1.13. The highest BCUT2D eigenvalue weighted by atomic mass is 16.5. The smallest absolute Gasteiger partial charge is 0.327 e. The van der Waals surface area contributed by atoms with E-state index in [0.29, 0.717) is 24.2 Å². The third-order valence-corrected chi connectivity index (χ3v) is 6.21. The number of likely N-dealkylation sites (N-methyl/N-ethyl adjacent to an activating group) is 1. The van der Waals surface area contributed by atoms with Gasteiger partial charge in [0, 0.05) is 14.1 Å². The molecule has 1 aliphatic carbocycles. The van der Waals surface area contributed by atoms with Gasteiger partial charge in [-0.25, -0.2) is 4.79 Å². The number of urea groups is 1. The van der Waals surface area contributed by atoms with Crippen molar-refractivity contribution in [2.75, 3.05) is 18.9 Å². The van der Waals surface area contributed by atoms with E-state index in [2.05, 4.69) is 10.4 Å². The average molecular weight is 419 g/mol. The first-order valence-corrected chi connectivity index (χ1v) is 10.2. The lowest BCUT2D eigenvalue weighted by Crippen LogP contribution is -2.49. The fraction of sp³-hybridized carbons (Fsp3) is 0.650. The average Bonchev–Trinajstić information content (AvgIpc) is 3.04. The van der Waals surface area contributed by atoms with Gasteiger partial charge in [0.1, 0.15) is 12.1 Å². The molecule has 0 radical (unpaired) electrons. The summed E-state index contributed by atoms with van der Waals surface area (Å²) >= 11 is 0. The Hall–Kier alpha value is -2.91. The molecule has 10 heteroatoms. The summed E-state index contributed by atoms with van der Waals surface area (Å²) in [6.07, 6.45) is 2.87. The molecule has 1 aromatic rings. The lowest BCUT2D eigenvalue weighted by Gasteiger charge is -2.35. The van der Waals surface area contributed by atoms with E-state index in [0.717, 1.165) is 29.9 Å². The summed E-state index contributed by atoms with van der Waals surface area (Å²) in [5, 5.41) is 6.94. The minimum absolute atomic E-state index is 0.356. The molecule has 1 aromatic heterocycles. The number of ether oxygens (including phenoxy) is 1. The van der Waals surface area contributed by atoms with Gasteiger partial charge in [0.2, 0.25) is 0 Å². The fourth-order valence-electron chi connectivity index (χ4n) is 4.27. The maximum absolute atomic E-state index is 12.9. The van der Waals surface area contributed by atoms with Crippen LogP contribution in [0.25, 0.3) is 0 Å². The molecule has 4 amide bonds. The van der Waals surface area contributed by atoms with E-state index in [-0.39, 0.29) is 5.91 Å². The second-order valence-corrected chi connectivity index (χ2v) is 8.12. The number of nitrogens with one attached hydrogen (secondary N) is 1. The second kappa shape index (κ2) is 8.08. The number of hydrogen-bond donors (Lipinski definition) is 1. The monoisotopic (exact) mass is 419 g/mol. The minimum atomic E-state index is -1.09. The lowest BCUT2D eigenvalue weighted by molar-refractivity contribution is -0.155. The van der Waals surface area contributed by atoms with Crippen molar-refractivity contribution in [1.29, 1.82) is 0 Å². The largest absolute Gasteiger partial charge is 0.451 e. The molecular formula is C20H29N5O5. The molecule has 1 spiro atoms. The van der Waals surface area contributed by atoms with E-state index in [1.54, 1.807) is 25.7 Å². The number of rotatable bonds is 5. The molecular weight excluding hydrogens is 390 g/mol. The SMILES string of the molecule is Cc1nn(C)c(C)c1NC(=O)[C@@H](C)OC(=O)CN1C(=O)N(C)C2(CCCCC2)C1=O. The molecule has 164 valence electrons. The molecule has 1 saturated carbocycles. The molecule has 30 heavy (non-hydrogen) atoms. The van der Waals surface area contributed by atoms with Gasteiger partial charge in [0.25, 0.3) is 11.8 Å². The van der Waals surface area contributed by atoms with Crippen LogP contribution in [0.2, 0.25) is 0 Å². The van der Waals surface area contributed by atoms with Crippen LogP contribution in [-0.4, -0.2) is 68.6 Å². The van der Waals surface area contributed by atoms with Gasteiger partial charge in [0.15, 0.2) is 6.10 Å². The number of nitrogens with zero attached hydrogens (tertiary/aromatic N) is 4. The first kappa shape index (κ1) is 21.8. The van der Waals surface area contributed by atoms with Crippen molar-refractivity contribution in [1.82, 2.24) is 19.6 Å². The summed E-state index contributed by atoms with van der Waals surface area (Å²) in [6, 6.07) is -0.502. The van der Waals surface area contributed by atoms with Gasteiger partial charge in [-0.1, -0.05) is 19.3 Å². The van der Waals surface area contributed by atoms with E-state index in [1.807, 2.05) is 6.92 Å². The predicted octanol–water partition coefficient (Wildman–Crippen LogP) is 1.50. The van der Waals surface area contributed by atoms with Gasteiger partial charge in [0.05, 0.1) is 17.1 Å². The summed E-state index contributed by atoms with van der Waals surface area (Å²) in [7, 11) is 3.37. The molecule has 2 fully saturated rings. The van der Waals surface area contributed by atoms with Crippen LogP contribution in [0.3, 0.4) is 0 Å². The third-order valence-electron chi connectivity index (χ3n) is 6.21. The molecule has 0 aromatic carbocycles. The topological polar surface area (TPSA) is 114 Å². The second-order valence-electron chi connectivity index (χ2n) is 8.12. The molecule has 0 unspecified atom stereocenters. The Morgan fingerprint density at radius 2 is 1.80 bits per heavy atom. The van der Waals surface area contributed by atoms with Gasteiger partial charge in [-0.05, 0) is 33.6 Å². The summed E-state index contributed by atoms with van der Waals surface area (Å²) in [4.78, 5) is 52.8. The number of aryl methyl sites for hydroxylation is 2. The highest BCUT2D eigenvalue weighted by Crippen LogP contribution is 2.39. The summed E-state index contributed by atoms with van der Waals surface area (Å²) in [6.45, 7) is 4.51. The molecule has 2 heterocycles. The number of carbonyl (C=O) groups is 4. The standard InChI is InChI=1S/C20H29N5O5/c1-12-16(13(2)24(5)22-12)21-17(27)14(3)30-15(26)11-25-18(28)20(23(4)19(25)29)9-7-6-8-10-20/h14H,6-11H2,1-5H3,(H,21,27)/t14-/m1/s1. The van der Waals surface area contributed by atoms with Gasteiger partial charge in [-0.3, -0.25) is 24.0 Å². The zero-order valence-corrected chi connectivity index (χ0v) is 18.2. The van der Waals surface area contributed by atoms with Crippen LogP contribution in [0.5, 0.6) is 0 Å². The fourth-order valence-corrected chi connectivity index (χ4v) is 4.27. The maximum atomic E-state index is 12.9. The number of hydrogen-bond acceptors (Lipinski definition) is 6. The van der Waals surface area contributed by atoms with E-state index in [1.165, 1.54) is 11.8 Å². The van der Waals surface area contributed by atoms with Crippen LogP contribution < -0.4 is 5.32 Å². The molecule has 3 rings (SSSR count). The number of carbonyl (C=O) groups excluding carboxylic acids is 4. The van der Waals surface area contributed by atoms with Crippen LogP contribution in [0.4, 0.5) is 10.5 Å². The lowest BCUT2D eigenvalue weighted by atomic mass is 9.81. The highest BCUT2D eigenvalue weighted by molar-refractivity contribution is 6.08. The molecule has 1 N–H and O–H groups in total. The zero-order chi connectivity index (χ0) is 22.2. The van der Waals surface area contributed by atoms with Crippen molar-refractivity contribution in [3.63, 3.8) is 0 Å². The van der Waals surface area contributed by atoms with Crippen molar-refractivity contribution in [3.05, 3.63) is 11.4 Å². The molecule has 10 nitrogen and oxygen atoms in total. The van der Waals surface area contributed by atoms with Crippen molar-refractivity contribution < 1.29 is 23.9 Å². The first-order valence-electron chi connectivity index (χ1n) is 10.2. The third kappa shape index (κ3) is 3.66. The van der Waals surface area contributed by atoms with Gasteiger partial charge in [-0.2, -0.15) is 5.10 Å². The molecule has 1 aliphatic heterocycles. The van der Waals surface area contributed by atoms with Gasteiger partial charge in [-0.15, -0.1) is 0 Å². The Balaban J connectivity index is 1.61. The molecule has 1 atom stereocenters. The Labute approximate surface area is 175 Å². The van der Waals surface area contributed by atoms with E-state index < -0.39 is 36.1 Å². The summed E-state index contributed by atoms with van der Waals surface area (Å²) in [5.74, 6) is -1.67. The Morgan fingerprint density at radius 1 is 1.17 bits per heavy atom. The van der Waals surface area contributed by atoms with Crippen LogP contribution >= 0.6 is 0 Å². The van der Waals surface area contributed by atoms with Gasteiger partial charge >= 0.3 is 12.0 Å². The number of aromatic nitrogens is 2. The van der Waals surface area contributed by atoms with E-state index in [9.17, 15) is 19.2 Å². The van der Waals surface area contributed by atoms with Crippen molar-refractivity contribution in [2.45, 2.75) is 64.5 Å². The highest BCUT2D eigenvalue weighted by Gasteiger charge is 2.56. The van der Waals surface area contributed by atoms with E-state index >= 15 is 0 Å². The number of anilines is 1. The quantitative estimate of drug-likeness (QED) is 0.572. The Kier molecular flexibility index (Phi) is 5.87. The van der Waals surface area contributed by atoms with Gasteiger partial charge < -0.3 is 15.0 Å². The number of esters is 1. The van der Waals surface area contributed by atoms with E-state index in [4.69, 9.17) is 4.74 Å². The predicted molar refractivity (Wildman–Crippen MR) is 108 cm³/mol. The van der Waals surface area contributed by atoms with Crippen LogP contribution in [0.15, 0.2) is 0 Å². The Bertz CT molecular complexity index is 886. The van der Waals surface area contributed by atoms with Crippen LogP contribution in [0.1, 0.15) is 50.4 Å². The molecule has 0 bridgehead atoms.